The number of amides is 2. The summed E-state index contributed by atoms with van der Waals surface area (Å²) >= 11 is 0. The first kappa shape index (κ1) is 19.7. The molecule has 0 radical (unpaired) electrons. The van der Waals surface area contributed by atoms with E-state index in [-0.39, 0.29) is 23.8 Å². The quantitative estimate of drug-likeness (QED) is 0.601. The van der Waals surface area contributed by atoms with Gasteiger partial charge in [-0.1, -0.05) is 5.92 Å². The van der Waals surface area contributed by atoms with E-state index in [9.17, 15) is 14.4 Å². The van der Waals surface area contributed by atoms with Crippen LogP contribution in [-0.2, 0) is 19.1 Å². The minimum atomic E-state index is -0.475. The van der Waals surface area contributed by atoms with Crippen LogP contribution < -0.4 is 5.32 Å². The van der Waals surface area contributed by atoms with E-state index in [2.05, 4.69) is 17.2 Å². The summed E-state index contributed by atoms with van der Waals surface area (Å²) in [5.41, 5.74) is -0.934. The van der Waals surface area contributed by atoms with Crippen molar-refractivity contribution in [3.05, 3.63) is 0 Å². The second-order valence-corrected chi connectivity index (χ2v) is 9.09. The Bertz CT molecular complexity index is 689. The molecular formula is C21H30N2O4. The first-order valence-electron chi connectivity index (χ1n) is 9.79. The van der Waals surface area contributed by atoms with Gasteiger partial charge in [0.15, 0.2) is 0 Å². The molecule has 0 saturated heterocycles. The number of nitrogens with zero attached hydrogens (tertiary/aromatic N) is 1. The van der Waals surface area contributed by atoms with E-state index in [0.717, 1.165) is 32.1 Å². The normalized spacial score (nSPS) is 34.2. The fourth-order valence-electron chi connectivity index (χ4n) is 5.80. The van der Waals surface area contributed by atoms with Crippen molar-refractivity contribution in [3.63, 3.8) is 0 Å². The molecule has 0 heterocycles. The number of rotatable bonds is 4. The molecule has 6 nitrogen and oxygen atoms in total. The monoisotopic (exact) mass is 374 g/mol. The second kappa shape index (κ2) is 7.18. The van der Waals surface area contributed by atoms with Gasteiger partial charge in [-0.15, -0.1) is 0 Å². The fourth-order valence-corrected chi connectivity index (χ4v) is 5.80. The van der Waals surface area contributed by atoms with Gasteiger partial charge in [-0.2, -0.15) is 0 Å². The van der Waals surface area contributed by atoms with E-state index in [1.54, 1.807) is 14.1 Å². The van der Waals surface area contributed by atoms with Crippen LogP contribution in [0.25, 0.3) is 0 Å². The summed E-state index contributed by atoms with van der Waals surface area (Å²) in [7, 11) is 4.77. The van der Waals surface area contributed by atoms with Crippen LogP contribution in [0.2, 0.25) is 0 Å². The lowest BCUT2D eigenvalue weighted by Crippen LogP contribution is -2.60. The molecule has 3 atom stereocenters. The first-order chi connectivity index (χ1) is 12.7. The van der Waals surface area contributed by atoms with Crippen molar-refractivity contribution in [1.29, 1.82) is 0 Å². The smallest absolute Gasteiger partial charge is 0.311 e. The Balaban J connectivity index is 1.67. The van der Waals surface area contributed by atoms with E-state index in [1.165, 1.54) is 12.0 Å². The topological polar surface area (TPSA) is 75.7 Å². The summed E-state index contributed by atoms with van der Waals surface area (Å²) in [5, 5.41) is 3.10. The van der Waals surface area contributed by atoms with Gasteiger partial charge in [0.25, 0.3) is 5.91 Å². The molecule has 0 aromatic carbocycles. The van der Waals surface area contributed by atoms with E-state index < -0.39 is 10.8 Å². The summed E-state index contributed by atoms with van der Waals surface area (Å²) < 4.78 is 5.11. The summed E-state index contributed by atoms with van der Waals surface area (Å²) in [4.78, 5) is 38.6. The van der Waals surface area contributed by atoms with Crippen LogP contribution in [0.15, 0.2) is 0 Å². The van der Waals surface area contributed by atoms with Crippen LogP contribution in [0.1, 0.15) is 51.9 Å². The molecule has 2 amide bonds. The zero-order valence-electron chi connectivity index (χ0n) is 16.8. The number of nitrogens with one attached hydrogen (secondary N) is 1. The molecule has 1 N–H and O–H groups in total. The third kappa shape index (κ3) is 3.69. The summed E-state index contributed by atoms with van der Waals surface area (Å²) in [6.07, 6.45) is 5.61. The van der Waals surface area contributed by atoms with Crippen LogP contribution in [0, 0.1) is 34.5 Å². The van der Waals surface area contributed by atoms with Gasteiger partial charge in [0.2, 0.25) is 5.91 Å². The molecule has 4 aliphatic rings. The number of ether oxygens (including phenoxy) is 1. The molecule has 3 unspecified atom stereocenters. The Morgan fingerprint density at radius 1 is 1.15 bits per heavy atom. The van der Waals surface area contributed by atoms with Crippen molar-refractivity contribution in [3.8, 4) is 11.8 Å². The minimum absolute atomic E-state index is 0.0399. The molecular weight excluding hydrogens is 344 g/mol. The average Bonchev–Trinajstić information content (AvgIpc) is 2.59. The maximum absolute atomic E-state index is 13.2. The molecule has 27 heavy (non-hydrogen) atoms. The number of hydrogen-bond donors (Lipinski definition) is 1. The average molecular weight is 374 g/mol. The lowest BCUT2D eigenvalue weighted by atomic mass is 9.44. The molecule has 4 aliphatic carbocycles. The van der Waals surface area contributed by atoms with Crippen LogP contribution in [0.3, 0.4) is 0 Å². The SMILES string of the molecule is COC(=O)C12CC3CC(CC(C(=O)NC(C)CC#CC(=O)N(C)C)(C3)C1)C2. The van der Waals surface area contributed by atoms with Gasteiger partial charge >= 0.3 is 5.97 Å². The number of esters is 1. The van der Waals surface area contributed by atoms with Crippen molar-refractivity contribution < 1.29 is 19.1 Å². The highest BCUT2D eigenvalue weighted by molar-refractivity contribution is 5.93. The number of hydrogen-bond acceptors (Lipinski definition) is 4. The third-order valence-electron chi connectivity index (χ3n) is 6.55. The fraction of sp³-hybridized carbons (Fsp3) is 0.762. The van der Waals surface area contributed by atoms with Crippen molar-refractivity contribution >= 4 is 17.8 Å². The lowest BCUT2D eigenvalue weighted by molar-refractivity contribution is -0.182. The molecule has 0 spiro atoms. The van der Waals surface area contributed by atoms with Crippen molar-refractivity contribution in [2.24, 2.45) is 22.7 Å². The molecule has 4 rings (SSSR count). The maximum Gasteiger partial charge on any atom is 0.311 e. The number of carbonyl (C=O) groups excluding carboxylic acids is 3. The molecule has 6 heteroatoms. The Kier molecular flexibility index (Phi) is 5.24. The lowest BCUT2D eigenvalue weighted by Gasteiger charge is -2.59. The highest BCUT2D eigenvalue weighted by atomic mass is 16.5. The molecule has 0 aliphatic heterocycles. The standard InChI is InChI=1S/C21H30N2O4/c1-14(6-5-7-17(24)23(2)3)22-18(25)20-9-15-8-16(10-20)12-21(11-15,13-20)19(26)27-4/h14-16H,6,8-13H2,1-4H3,(H,22,25). The molecule has 4 bridgehead atoms. The second-order valence-electron chi connectivity index (χ2n) is 9.09. The Hall–Kier alpha value is -2.03. The van der Waals surface area contributed by atoms with Crippen LogP contribution in [0.4, 0.5) is 0 Å². The molecule has 0 aromatic heterocycles. The molecule has 148 valence electrons. The van der Waals surface area contributed by atoms with Gasteiger partial charge in [0.1, 0.15) is 0 Å². The number of methoxy groups -OCH3 is 1. The molecule has 0 aromatic rings. The van der Waals surface area contributed by atoms with Crippen LogP contribution >= 0.6 is 0 Å². The third-order valence-corrected chi connectivity index (χ3v) is 6.55. The zero-order valence-corrected chi connectivity index (χ0v) is 16.8. The van der Waals surface area contributed by atoms with Crippen molar-refractivity contribution in [2.75, 3.05) is 21.2 Å². The molecule has 4 saturated carbocycles. The minimum Gasteiger partial charge on any atom is -0.469 e. The van der Waals surface area contributed by atoms with Crippen LogP contribution in [0.5, 0.6) is 0 Å². The predicted octanol–water partition coefficient (Wildman–Crippen LogP) is 1.73. The highest BCUT2D eigenvalue weighted by Crippen LogP contribution is 2.65. The van der Waals surface area contributed by atoms with E-state index in [4.69, 9.17) is 4.74 Å². The highest BCUT2D eigenvalue weighted by Gasteiger charge is 2.63. The van der Waals surface area contributed by atoms with E-state index in [1.807, 2.05) is 6.92 Å². The van der Waals surface area contributed by atoms with Gasteiger partial charge in [-0.05, 0) is 63.2 Å². The summed E-state index contributed by atoms with van der Waals surface area (Å²) in [6, 6.07) is -0.137. The van der Waals surface area contributed by atoms with Gasteiger partial charge in [-0.3, -0.25) is 14.4 Å². The molecule has 4 fully saturated rings. The van der Waals surface area contributed by atoms with Gasteiger partial charge < -0.3 is 15.0 Å². The Labute approximate surface area is 161 Å². The Morgan fingerprint density at radius 2 is 1.74 bits per heavy atom. The number of carbonyl (C=O) groups is 3. The zero-order chi connectivity index (χ0) is 19.8. The van der Waals surface area contributed by atoms with Crippen molar-refractivity contribution in [2.45, 2.75) is 57.9 Å². The van der Waals surface area contributed by atoms with Crippen LogP contribution in [-0.4, -0.2) is 49.9 Å². The predicted molar refractivity (Wildman–Crippen MR) is 100 cm³/mol. The van der Waals surface area contributed by atoms with Crippen molar-refractivity contribution in [1.82, 2.24) is 10.2 Å². The van der Waals surface area contributed by atoms with E-state index in [0.29, 0.717) is 24.7 Å². The summed E-state index contributed by atoms with van der Waals surface area (Å²) in [5.74, 6) is 5.95. The summed E-state index contributed by atoms with van der Waals surface area (Å²) in [6.45, 7) is 1.91. The van der Waals surface area contributed by atoms with Gasteiger partial charge in [-0.25, -0.2) is 0 Å². The Morgan fingerprint density at radius 3 is 2.30 bits per heavy atom. The maximum atomic E-state index is 13.2. The first-order valence-corrected chi connectivity index (χ1v) is 9.79. The van der Waals surface area contributed by atoms with Gasteiger partial charge in [0.05, 0.1) is 17.9 Å². The van der Waals surface area contributed by atoms with Gasteiger partial charge in [0, 0.05) is 26.6 Å². The largest absolute Gasteiger partial charge is 0.469 e. The van der Waals surface area contributed by atoms with E-state index >= 15 is 0 Å².